The highest BCUT2D eigenvalue weighted by Crippen LogP contribution is 2.53. The first-order valence-electron chi connectivity index (χ1n) is 9.81. The van der Waals surface area contributed by atoms with Crippen LogP contribution in [0.15, 0.2) is 59.8 Å². The summed E-state index contributed by atoms with van der Waals surface area (Å²) in [6.45, 7) is -0.463. The van der Waals surface area contributed by atoms with Crippen LogP contribution in [-0.2, 0) is 15.0 Å². The third-order valence-corrected chi connectivity index (χ3v) is 5.87. The van der Waals surface area contributed by atoms with Crippen LogP contribution in [0.1, 0.15) is 18.4 Å². The van der Waals surface area contributed by atoms with Gasteiger partial charge in [0.2, 0.25) is 11.8 Å². The Bertz CT molecular complexity index is 1190. The van der Waals surface area contributed by atoms with Crippen molar-refractivity contribution in [2.45, 2.75) is 18.3 Å². The smallest absolute Gasteiger partial charge is 0.246 e. The molecule has 1 spiro atoms. The van der Waals surface area contributed by atoms with Gasteiger partial charge in [-0.3, -0.25) is 9.59 Å². The highest BCUT2D eigenvalue weighted by Gasteiger charge is 2.59. The summed E-state index contributed by atoms with van der Waals surface area (Å²) in [4.78, 5) is 27.5. The Labute approximate surface area is 175 Å². The molecule has 1 fully saturated rings. The zero-order chi connectivity index (χ0) is 21.8. The molecule has 0 bridgehead atoms. The van der Waals surface area contributed by atoms with Crippen LogP contribution < -0.4 is 10.1 Å². The average Bonchev–Trinajstić information content (AvgIpc) is 3.23. The lowest BCUT2D eigenvalue weighted by atomic mass is 9.75. The molecule has 0 radical (unpaired) electrons. The first-order chi connectivity index (χ1) is 14.9. The van der Waals surface area contributed by atoms with Gasteiger partial charge in [-0.15, -0.1) is 0 Å². The number of hydrogen-bond acceptors (Lipinski definition) is 3. The quantitative estimate of drug-likeness (QED) is 0.812. The summed E-state index contributed by atoms with van der Waals surface area (Å²) in [5.41, 5.74) is 0.0733. The van der Waals surface area contributed by atoms with Gasteiger partial charge in [-0.05, 0) is 36.6 Å². The van der Waals surface area contributed by atoms with Gasteiger partial charge in [-0.1, -0.05) is 24.3 Å². The van der Waals surface area contributed by atoms with E-state index in [1.807, 2.05) is 12.2 Å². The van der Waals surface area contributed by atoms with Crippen molar-refractivity contribution in [3.8, 4) is 5.75 Å². The molecule has 0 aromatic heterocycles. The van der Waals surface area contributed by atoms with E-state index in [-0.39, 0.29) is 30.2 Å². The maximum atomic E-state index is 14.1. The maximum Gasteiger partial charge on any atom is 0.246 e. The second-order valence-corrected chi connectivity index (χ2v) is 7.66. The molecule has 5 nitrogen and oxygen atoms in total. The molecule has 31 heavy (non-hydrogen) atoms. The Kier molecular flexibility index (Phi) is 4.39. The monoisotopic (exact) mass is 426 g/mol. The van der Waals surface area contributed by atoms with Crippen molar-refractivity contribution in [1.82, 2.24) is 4.90 Å². The highest BCUT2D eigenvalue weighted by atomic mass is 19.2. The van der Waals surface area contributed by atoms with Crippen molar-refractivity contribution >= 4 is 17.5 Å². The van der Waals surface area contributed by atoms with Gasteiger partial charge in [-0.2, -0.15) is 0 Å². The molecule has 1 aliphatic carbocycles. The van der Waals surface area contributed by atoms with Crippen LogP contribution in [0.5, 0.6) is 5.75 Å². The second-order valence-electron chi connectivity index (χ2n) is 7.66. The number of halogens is 3. The van der Waals surface area contributed by atoms with Crippen molar-refractivity contribution in [3.05, 3.63) is 82.8 Å². The summed E-state index contributed by atoms with van der Waals surface area (Å²) in [6, 6.07) is 7.65. The normalized spacial score (nSPS) is 21.4. The number of hydrogen-bond donors (Lipinski definition) is 1. The van der Waals surface area contributed by atoms with Crippen LogP contribution in [0.2, 0.25) is 0 Å². The van der Waals surface area contributed by atoms with Crippen LogP contribution in [-0.4, -0.2) is 29.9 Å². The van der Waals surface area contributed by atoms with Crippen molar-refractivity contribution in [3.63, 3.8) is 0 Å². The minimum absolute atomic E-state index is 0.00865. The van der Waals surface area contributed by atoms with Crippen LogP contribution >= 0.6 is 0 Å². The number of carbonyl (C=O) groups is 2. The van der Waals surface area contributed by atoms with Crippen molar-refractivity contribution in [2.75, 3.05) is 18.5 Å². The van der Waals surface area contributed by atoms with E-state index in [1.54, 1.807) is 6.07 Å². The van der Waals surface area contributed by atoms with Gasteiger partial charge in [0.05, 0.1) is 5.69 Å². The molecule has 1 N–H and O–H groups in total. The number of nitrogens with zero attached hydrogens (tertiary/aromatic N) is 1. The van der Waals surface area contributed by atoms with Crippen LogP contribution in [0.25, 0.3) is 0 Å². The molecular weight excluding hydrogens is 409 g/mol. The zero-order valence-corrected chi connectivity index (χ0v) is 16.3. The molecule has 2 aromatic rings. The summed E-state index contributed by atoms with van der Waals surface area (Å²) in [6.07, 6.45) is 5.05. The van der Waals surface area contributed by atoms with Gasteiger partial charge in [-0.25, -0.2) is 13.2 Å². The number of nitrogens with one attached hydrogen (secondary N) is 1. The standard InChI is InChI=1S/C23H17F3N2O3/c24-15-6-2-3-7-18(15)27-21(29)11-28-19-8-4-1-5-13(19)23(22(28)30)12-31-20-10-17(26)16(25)9-14(20)23/h2-3,5-10H,1,4,11-12H2,(H,27,29). The lowest BCUT2D eigenvalue weighted by molar-refractivity contribution is -0.134. The third-order valence-electron chi connectivity index (χ3n) is 5.87. The molecule has 2 aromatic carbocycles. The molecular formula is C23H17F3N2O3. The van der Waals surface area contributed by atoms with E-state index in [9.17, 15) is 22.8 Å². The lowest BCUT2D eigenvalue weighted by Crippen LogP contribution is -2.42. The number of allylic oxidation sites excluding steroid dienone is 3. The summed E-state index contributed by atoms with van der Waals surface area (Å²) < 4.78 is 47.2. The highest BCUT2D eigenvalue weighted by molar-refractivity contribution is 6.04. The number of amides is 2. The first-order valence-corrected chi connectivity index (χ1v) is 9.81. The van der Waals surface area contributed by atoms with Crippen molar-refractivity contribution in [2.24, 2.45) is 0 Å². The molecule has 5 rings (SSSR count). The van der Waals surface area contributed by atoms with E-state index in [0.29, 0.717) is 24.1 Å². The first kappa shape index (κ1) is 19.4. The molecule has 2 aliphatic heterocycles. The number of ether oxygens (including phenoxy) is 1. The van der Waals surface area contributed by atoms with Crippen molar-refractivity contribution in [1.29, 1.82) is 0 Å². The fourth-order valence-electron chi connectivity index (χ4n) is 4.46. The van der Waals surface area contributed by atoms with Gasteiger partial charge in [0.1, 0.15) is 30.1 Å². The number of rotatable bonds is 3. The van der Waals surface area contributed by atoms with E-state index in [2.05, 4.69) is 5.32 Å². The SMILES string of the molecule is O=C(CN1C(=O)C2(COc3cc(F)c(F)cc32)C2=CCCC=C21)Nc1ccccc1F. The van der Waals surface area contributed by atoms with Gasteiger partial charge in [0.15, 0.2) is 11.6 Å². The molecule has 1 saturated heterocycles. The molecule has 3 aliphatic rings. The summed E-state index contributed by atoms with van der Waals surface area (Å²) >= 11 is 0. The van der Waals surface area contributed by atoms with E-state index in [1.165, 1.54) is 23.1 Å². The number of para-hydroxylation sites is 1. The number of benzene rings is 2. The maximum absolute atomic E-state index is 14.1. The Morgan fingerprint density at radius 1 is 1.06 bits per heavy atom. The number of fused-ring (bicyclic) bond motifs is 4. The predicted molar refractivity (Wildman–Crippen MR) is 106 cm³/mol. The number of carbonyl (C=O) groups excluding carboxylic acids is 2. The van der Waals surface area contributed by atoms with Gasteiger partial charge >= 0.3 is 0 Å². The molecule has 8 heteroatoms. The third kappa shape index (κ3) is 2.85. The molecule has 158 valence electrons. The van der Waals surface area contributed by atoms with Crippen LogP contribution in [0.3, 0.4) is 0 Å². The zero-order valence-electron chi connectivity index (χ0n) is 16.3. The molecule has 1 unspecified atom stereocenters. The van der Waals surface area contributed by atoms with E-state index < -0.39 is 34.7 Å². The Morgan fingerprint density at radius 2 is 1.81 bits per heavy atom. The Hall–Kier alpha value is -3.55. The minimum atomic E-state index is -1.34. The largest absolute Gasteiger partial charge is 0.491 e. The van der Waals surface area contributed by atoms with Gasteiger partial charge in [0.25, 0.3) is 0 Å². The number of anilines is 1. The average molecular weight is 426 g/mol. The molecule has 2 heterocycles. The molecule has 1 atom stereocenters. The molecule has 0 saturated carbocycles. The minimum Gasteiger partial charge on any atom is -0.491 e. The van der Waals surface area contributed by atoms with E-state index in [4.69, 9.17) is 4.74 Å². The molecule has 2 amide bonds. The second kappa shape index (κ2) is 7.01. The fourth-order valence-corrected chi connectivity index (χ4v) is 4.46. The van der Waals surface area contributed by atoms with Gasteiger partial charge < -0.3 is 15.0 Å². The summed E-state index contributed by atoms with van der Waals surface area (Å²) in [5.74, 6) is -3.65. The Morgan fingerprint density at radius 3 is 2.61 bits per heavy atom. The van der Waals surface area contributed by atoms with E-state index >= 15 is 0 Å². The van der Waals surface area contributed by atoms with E-state index in [0.717, 1.165) is 12.1 Å². The fraction of sp³-hybridized carbons (Fsp3) is 0.217. The topological polar surface area (TPSA) is 58.6 Å². The van der Waals surface area contributed by atoms with Crippen LogP contribution in [0, 0.1) is 17.5 Å². The van der Waals surface area contributed by atoms with Crippen molar-refractivity contribution < 1.29 is 27.5 Å². The lowest BCUT2D eigenvalue weighted by Gasteiger charge is -2.22. The summed E-state index contributed by atoms with van der Waals surface area (Å²) in [5, 5.41) is 2.47. The summed E-state index contributed by atoms with van der Waals surface area (Å²) in [7, 11) is 0. The Balaban J connectivity index is 1.51. The van der Waals surface area contributed by atoms with Gasteiger partial charge in [0, 0.05) is 17.3 Å². The predicted octanol–water partition coefficient (Wildman–Crippen LogP) is 3.82. The van der Waals surface area contributed by atoms with Crippen LogP contribution in [0.4, 0.5) is 18.9 Å². The number of likely N-dealkylation sites (tertiary alicyclic amines) is 1.